The highest BCUT2D eigenvalue weighted by Gasteiger charge is 2.17. The minimum Gasteiger partial charge on any atom is -0.418 e. The van der Waals surface area contributed by atoms with Crippen LogP contribution in [0.4, 0.5) is 0 Å². The molecule has 0 atom stereocenters. The molecule has 0 aliphatic heterocycles. The average molecular weight is 709 g/mol. The highest BCUT2D eigenvalue weighted by Crippen LogP contribution is 2.07. The van der Waals surface area contributed by atoms with Crippen LogP contribution in [0.5, 0.6) is 0 Å². The molecule has 0 spiro atoms. The predicted molar refractivity (Wildman–Crippen MR) is 199 cm³/mol. The van der Waals surface area contributed by atoms with Crippen LogP contribution in [0.2, 0.25) is 118 Å². The Morgan fingerprint density at radius 1 is 0.286 bits per heavy atom. The van der Waals surface area contributed by atoms with Gasteiger partial charge in [0.05, 0.1) is 26.4 Å². The van der Waals surface area contributed by atoms with Crippen molar-refractivity contribution in [2.45, 2.75) is 131 Å². The van der Waals surface area contributed by atoms with E-state index < -0.39 is 49.9 Å². The summed E-state index contributed by atoms with van der Waals surface area (Å²) in [6.45, 7) is 44.0. The van der Waals surface area contributed by atoms with Gasteiger partial charge in [0.1, 0.15) is 0 Å². The normalized spacial score (nSPS) is 12.9. The summed E-state index contributed by atoms with van der Waals surface area (Å²) >= 11 is 0. The molecule has 0 aliphatic carbocycles. The van der Waals surface area contributed by atoms with Crippen molar-refractivity contribution in [1.82, 2.24) is 0 Å². The highest BCUT2D eigenvalue weighted by molar-refractivity contribution is 6.71. The van der Waals surface area contributed by atoms with E-state index in [4.69, 9.17) is 36.8 Å². The summed E-state index contributed by atoms with van der Waals surface area (Å²) < 4.78 is 33.5. The number of aliphatic hydroxyl groups excluding tert-OH is 2. The summed E-state index contributed by atoms with van der Waals surface area (Å²) in [5.74, 6) is 0. The van der Waals surface area contributed by atoms with Gasteiger partial charge >= 0.3 is 0 Å². The third-order valence-corrected chi connectivity index (χ3v) is 10.4. The van der Waals surface area contributed by atoms with Crippen LogP contribution in [-0.2, 0) is 26.6 Å². The first-order chi connectivity index (χ1) is 18.5. The van der Waals surface area contributed by atoms with E-state index in [0.29, 0.717) is 13.2 Å². The van der Waals surface area contributed by atoms with Crippen LogP contribution in [0.3, 0.4) is 0 Å². The molecule has 0 amide bonds. The maximum absolute atomic E-state index is 8.40. The standard InChI is InChI=1S/C9H24O2Si2.C8H22O2Si2.C6H16O2Si.C5H14O2Si/c1-12(2,3)10-8-7-9-11-13(4,5)6;1-11(2,3)9-7-8-10-12(4,5)6;1-9(2,3)8-6-4-5-7;1-8(2,3)7-5-4-6/h7-9H2,1-6H3;7-8H2,1-6H3;7H,4-6H2,1-3H3;6H,4-5H2,1-3H3. The quantitative estimate of drug-likeness (QED) is 0.110. The Morgan fingerprint density at radius 2 is 0.500 bits per heavy atom. The molecule has 14 heteroatoms. The molecule has 0 aromatic heterocycles. The van der Waals surface area contributed by atoms with Crippen LogP contribution in [0.25, 0.3) is 0 Å². The van der Waals surface area contributed by atoms with Crippen molar-refractivity contribution in [3.05, 3.63) is 0 Å². The van der Waals surface area contributed by atoms with Gasteiger partial charge in [-0.3, -0.25) is 0 Å². The fraction of sp³-hybridized carbons (Fsp3) is 1.00. The molecule has 0 heterocycles. The second kappa shape index (κ2) is 25.1. The molecule has 0 bridgehead atoms. The molecular formula is C28H76O8Si6. The van der Waals surface area contributed by atoms with Crippen molar-refractivity contribution in [3.63, 3.8) is 0 Å². The van der Waals surface area contributed by atoms with E-state index in [1.165, 1.54) is 0 Å². The number of rotatable bonds is 18. The van der Waals surface area contributed by atoms with E-state index in [1.807, 2.05) is 0 Å². The number of hydrogen-bond donors (Lipinski definition) is 2. The first-order valence-corrected chi connectivity index (χ1v) is 36.0. The van der Waals surface area contributed by atoms with Gasteiger partial charge in [-0.2, -0.15) is 0 Å². The Kier molecular flexibility index (Phi) is 29.8. The Morgan fingerprint density at radius 3 is 0.690 bits per heavy atom. The average Bonchev–Trinajstić information content (AvgIpc) is 2.72. The van der Waals surface area contributed by atoms with Gasteiger partial charge in [0.2, 0.25) is 0 Å². The topological polar surface area (TPSA) is 95.8 Å². The van der Waals surface area contributed by atoms with Gasteiger partial charge in [0.25, 0.3) is 0 Å². The summed E-state index contributed by atoms with van der Waals surface area (Å²) in [4.78, 5) is 0. The van der Waals surface area contributed by atoms with Gasteiger partial charge in [-0.15, -0.1) is 0 Å². The van der Waals surface area contributed by atoms with Gasteiger partial charge in [-0.05, 0) is 131 Å². The number of hydrogen-bond acceptors (Lipinski definition) is 8. The van der Waals surface area contributed by atoms with E-state index >= 15 is 0 Å². The highest BCUT2D eigenvalue weighted by atomic mass is 28.4. The van der Waals surface area contributed by atoms with E-state index in [9.17, 15) is 0 Å². The van der Waals surface area contributed by atoms with Crippen LogP contribution < -0.4 is 0 Å². The molecule has 0 radical (unpaired) electrons. The third-order valence-electron chi connectivity index (χ3n) is 3.98. The summed E-state index contributed by atoms with van der Waals surface area (Å²) in [7, 11) is -7.87. The van der Waals surface area contributed by atoms with Crippen molar-refractivity contribution < 1.29 is 36.8 Å². The smallest absolute Gasteiger partial charge is 0.183 e. The van der Waals surface area contributed by atoms with Gasteiger partial charge in [0.15, 0.2) is 49.9 Å². The molecule has 0 aliphatic rings. The second-order valence-corrected chi connectivity index (χ2v) is 43.0. The maximum Gasteiger partial charge on any atom is 0.183 e. The summed E-state index contributed by atoms with van der Waals surface area (Å²) in [6, 6.07) is 0. The minimum absolute atomic E-state index is 0.143. The lowest BCUT2D eigenvalue weighted by molar-refractivity contribution is 0.197. The lowest BCUT2D eigenvalue weighted by Crippen LogP contribution is -2.31. The Hall–Kier alpha value is 0.981. The van der Waals surface area contributed by atoms with Crippen LogP contribution in [0.15, 0.2) is 0 Å². The maximum atomic E-state index is 8.40. The largest absolute Gasteiger partial charge is 0.418 e. The molecule has 0 saturated heterocycles. The van der Waals surface area contributed by atoms with Gasteiger partial charge < -0.3 is 36.8 Å². The zero-order valence-electron chi connectivity index (χ0n) is 31.4. The third kappa shape index (κ3) is 68.2. The molecular weight excluding hydrogens is 633 g/mol. The summed E-state index contributed by atoms with van der Waals surface area (Å²) in [6.07, 6.45) is 1.80. The van der Waals surface area contributed by atoms with Crippen LogP contribution in [0.1, 0.15) is 12.8 Å². The Balaban J connectivity index is -0.000000233. The van der Waals surface area contributed by atoms with Gasteiger partial charge in [-0.1, -0.05) is 0 Å². The lowest BCUT2D eigenvalue weighted by Gasteiger charge is -2.21. The van der Waals surface area contributed by atoms with E-state index in [2.05, 4.69) is 118 Å². The lowest BCUT2D eigenvalue weighted by atomic mass is 10.5. The molecule has 42 heavy (non-hydrogen) atoms. The minimum atomic E-state index is -1.34. The van der Waals surface area contributed by atoms with Crippen molar-refractivity contribution in [2.24, 2.45) is 0 Å². The van der Waals surface area contributed by atoms with Gasteiger partial charge in [0, 0.05) is 26.4 Å². The number of aliphatic hydroxyl groups is 2. The monoisotopic (exact) mass is 708 g/mol. The van der Waals surface area contributed by atoms with Crippen LogP contribution >= 0.6 is 0 Å². The SMILES string of the molecule is C[Si](C)(C)OCCCO.C[Si](C)(C)OCCCO[Si](C)(C)C.C[Si](C)(C)OCCO.C[Si](C)(C)OCCO[Si](C)(C)C. The first-order valence-electron chi connectivity index (χ1n) is 15.6. The first kappa shape index (κ1) is 49.9. The summed E-state index contributed by atoms with van der Waals surface area (Å²) in [5.41, 5.74) is 0. The van der Waals surface area contributed by atoms with E-state index in [-0.39, 0.29) is 13.2 Å². The molecule has 2 N–H and O–H groups in total. The Bertz CT molecular complexity index is 556. The molecule has 0 rings (SSSR count). The van der Waals surface area contributed by atoms with Crippen molar-refractivity contribution in [1.29, 1.82) is 0 Å². The van der Waals surface area contributed by atoms with Crippen molar-refractivity contribution in [2.75, 3.05) is 52.9 Å². The molecule has 0 aromatic carbocycles. The van der Waals surface area contributed by atoms with Crippen molar-refractivity contribution in [3.8, 4) is 0 Å². The molecule has 260 valence electrons. The van der Waals surface area contributed by atoms with Crippen LogP contribution in [-0.4, -0.2) is 113 Å². The van der Waals surface area contributed by atoms with Crippen molar-refractivity contribution >= 4 is 49.9 Å². The molecule has 0 unspecified atom stereocenters. The zero-order valence-corrected chi connectivity index (χ0v) is 37.4. The molecule has 8 nitrogen and oxygen atoms in total. The molecule has 0 aromatic rings. The zero-order chi connectivity index (χ0) is 34.3. The van der Waals surface area contributed by atoms with E-state index in [0.717, 1.165) is 39.3 Å². The predicted octanol–water partition coefficient (Wildman–Crippen LogP) is 7.82. The summed E-state index contributed by atoms with van der Waals surface area (Å²) in [5, 5.41) is 16.7. The van der Waals surface area contributed by atoms with E-state index in [1.54, 1.807) is 0 Å². The fourth-order valence-corrected chi connectivity index (χ4v) is 6.67. The van der Waals surface area contributed by atoms with Gasteiger partial charge in [-0.25, -0.2) is 0 Å². The van der Waals surface area contributed by atoms with Crippen LogP contribution in [0, 0.1) is 0 Å². The fourth-order valence-electron chi connectivity index (χ4n) is 2.31. The molecule has 0 fully saturated rings. The Labute approximate surface area is 269 Å². The molecule has 0 saturated carbocycles. The second-order valence-electron chi connectivity index (χ2n) is 15.9.